The summed E-state index contributed by atoms with van der Waals surface area (Å²) in [6, 6.07) is 1.50. The molecular formula is C16H18ClN7O3. The van der Waals surface area contributed by atoms with Crippen LogP contribution in [0, 0.1) is 0 Å². The number of aryl methyl sites for hydroxylation is 2. The fourth-order valence-electron chi connectivity index (χ4n) is 2.49. The minimum atomic E-state index is -0.968. The number of carboxylic acids is 1. The van der Waals surface area contributed by atoms with Gasteiger partial charge in [0, 0.05) is 30.7 Å². The predicted molar refractivity (Wildman–Crippen MR) is 96.7 cm³/mol. The molecule has 0 unspecified atom stereocenters. The van der Waals surface area contributed by atoms with E-state index in [1.54, 1.807) is 21.8 Å². The highest BCUT2D eigenvalue weighted by Crippen LogP contribution is 2.21. The van der Waals surface area contributed by atoms with Crippen molar-refractivity contribution in [3.8, 4) is 0 Å². The van der Waals surface area contributed by atoms with Gasteiger partial charge in [-0.25, -0.2) is 0 Å². The van der Waals surface area contributed by atoms with Crippen LogP contribution in [0.3, 0.4) is 0 Å². The molecule has 0 bridgehead atoms. The number of anilines is 1. The second-order valence-electron chi connectivity index (χ2n) is 5.76. The van der Waals surface area contributed by atoms with E-state index in [1.165, 1.54) is 16.9 Å². The molecule has 1 amide bonds. The molecule has 142 valence electrons. The number of nitrogens with zero attached hydrogens (tertiary/aromatic N) is 6. The number of carbonyl (C=O) groups is 2. The minimum Gasteiger partial charge on any atom is -0.481 e. The summed E-state index contributed by atoms with van der Waals surface area (Å²) in [5.74, 6) is -1.22. The fraction of sp³-hybridized carbons (Fsp3) is 0.312. The third kappa shape index (κ3) is 4.53. The average molecular weight is 392 g/mol. The van der Waals surface area contributed by atoms with Crippen molar-refractivity contribution in [3.63, 3.8) is 0 Å². The maximum Gasteiger partial charge on any atom is 0.305 e. The van der Waals surface area contributed by atoms with Gasteiger partial charge in [0.1, 0.15) is 10.7 Å². The van der Waals surface area contributed by atoms with Crippen LogP contribution in [0.4, 0.5) is 5.82 Å². The lowest BCUT2D eigenvalue weighted by molar-refractivity contribution is -0.137. The Balaban J connectivity index is 1.69. The molecule has 0 aliphatic carbocycles. The van der Waals surface area contributed by atoms with Crippen molar-refractivity contribution in [3.05, 3.63) is 47.1 Å². The first-order chi connectivity index (χ1) is 13.0. The SMILES string of the molecule is CCn1cc(Cn2cc(Cl)c(NC(=O)c3ccnn3CCC(=O)O)n2)cn1. The summed E-state index contributed by atoms with van der Waals surface area (Å²) in [5, 5.41) is 24.2. The second kappa shape index (κ2) is 8.04. The van der Waals surface area contributed by atoms with E-state index < -0.39 is 11.9 Å². The van der Waals surface area contributed by atoms with E-state index in [0.29, 0.717) is 11.6 Å². The Morgan fingerprint density at radius 3 is 2.78 bits per heavy atom. The Morgan fingerprint density at radius 1 is 1.26 bits per heavy atom. The van der Waals surface area contributed by atoms with Gasteiger partial charge < -0.3 is 10.4 Å². The molecule has 0 saturated heterocycles. The van der Waals surface area contributed by atoms with Crippen LogP contribution in [0.2, 0.25) is 5.02 Å². The quantitative estimate of drug-likeness (QED) is 0.603. The van der Waals surface area contributed by atoms with E-state index >= 15 is 0 Å². The molecule has 0 fully saturated rings. The van der Waals surface area contributed by atoms with Crippen molar-refractivity contribution in [2.45, 2.75) is 33.0 Å². The molecule has 0 aromatic carbocycles. The maximum atomic E-state index is 12.5. The van der Waals surface area contributed by atoms with Gasteiger partial charge >= 0.3 is 5.97 Å². The van der Waals surface area contributed by atoms with E-state index in [0.717, 1.165) is 12.1 Å². The number of hydrogen-bond donors (Lipinski definition) is 2. The van der Waals surface area contributed by atoms with Gasteiger partial charge in [0.2, 0.25) is 0 Å². The minimum absolute atomic E-state index is 0.0919. The van der Waals surface area contributed by atoms with Gasteiger partial charge in [0.05, 0.1) is 25.7 Å². The van der Waals surface area contributed by atoms with Crippen LogP contribution < -0.4 is 5.32 Å². The average Bonchev–Trinajstić information content (AvgIpc) is 3.34. The van der Waals surface area contributed by atoms with Crippen molar-refractivity contribution >= 4 is 29.3 Å². The van der Waals surface area contributed by atoms with E-state index in [1.807, 2.05) is 13.1 Å². The van der Waals surface area contributed by atoms with Crippen molar-refractivity contribution in [2.24, 2.45) is 0 Å². The molecular weight excluding hydrogens is 374 g/mol. The molecule has 2 N–H and O–H groups in total. The molecule has 0 spiro atoms. The van der Waals surface area contributed by atoms with Crippen molar-refractivity contribution in [1.82, 2.24) is 29.3 Å². The third-order valence-corrected chi connectivity index (χ3v) is 4.07. The Morgan fingerprint density at radius 2 is 2.07 bits per heavy atom. The summed E-state index contributed by atoms with van der Waals surface area (Å²) < 4.78 is 4.74. The van der Waals surface area contributed by atoms with E-state index in [2.05, 4.69) is 20.6 Å². The van der Waals surface area contributed by atoms with Gasteiger partial charge in [-0.15, -0.1) is 0 Å². The largest absolute Gasteiger partial charge is 0.481 e. The monoisotopic (exact) mass is 391 g/mol. The standard InChI is InChI=1S/C16H18ClN7O3/c1-2-22-8-11(7-19-22)9-23-10-12(17)15(21-23)20-16(27)13-3-5-18-24(13)6-4-14(25)26/h3,5,7-8,10H,2,4,6,9H2,1H3,(H,25,26)(H,20,21,27). The second-order valence-corrected chi connectivity index (χ2v) is 6.17. The molecule has 10 nitrogen and oxygen atoms in total. The molecule has 3 aromatic rings. The molecule has 0 saturated carbocycles. The van der Waals surface area contributed by atoms with Gasteiger partial charge in [-0.3, -0.25) is 23.6 Å². The number of amides is 1. The van der Waals surface area contributed by atoms with E-state index in [4.69, 9.17) is 16.7 Å². The van der Waals surface area contributed by atoms with E-state index in [-0.39, 0.29) is 24.5 Å². The number of aromatic nitrogens is 6. The molecule has 0 aliphatic heterocycles. The van der Waals surface area contributed by atoms with Crippen LogP contribution in [-0.2, 0) is 24.4 Å². The number of halogens is 1. The number of aliphatic carboxylic acids is 1. The lowest BCUT2D eigenvalue weighted by Gasteiger charge is -2.06. The summed E-state index contributed by atoms with van der Waals surface area (Å²) in [4.78, 5) is 23.2. The van der Waals surface area contributed by atoms with Gasteiger partial charge in [-0.1, -0.05) is 11.6 Å². The fourth-order valence-corrected chi connectivity index (χ4v) is 2.69. The first kappa shape index (κ1) is 18.6. The molecule has 3 rings (SSSR count). The van der Waals surface area contributed by atoms with Crippen LogP contribution in [0.25, 0.3) is 0 Å². The molecule has 11 heteroatoms. The number of nitrogens with one attached hydrogen (secondary N) is 1. The van der Waals surface area contributed by atoms with Crippen LogP contribution in [0.5, 0.6) is 0 Å². The predicted octanol–water partition coefficient (Wildman–Crippen LogP) is 1.72. The molecule has 3 aromatic heterocycles. The van der Waals surface area contributed by atoms with Crippen LogP contribution in [0.15, 0.2) is 30.9 Å². The number of carbonyl (C=O) groups excluding carboxylic acids is 1. The zero-order valence-corrected chi connectivity index (χ0v) is 15.3. The molecule has 0 atom stereocenters. The zero-order valence-electron chi connectivity index (χ0n) is 14.5. The van der Waals surface area contributed by atoms with Crippen LogP contribution in [0.1, 0.15) is 29.4 Å². The van der Waals surface area contributed by atoms with Crippen molar-refractivity contribution in [2.75, 3.05) is 5.32 Å². The van der Waals surface area contributed by atoms with Gasteiger partial charge in [-0.05, 0) is 13.0 Å². The summed E-state index contributed by atoms with van der Waals surface area (Å²) in [5.41, 5.74) is 1.19. The Hall–Kier alpha value is -3.14. The van der Waals surface area contributed by atoms with Crippen molar-refractivity contribution < 1.29 is 14.7 Å². The van der Waals surface area contributed by atoms with Gasteiger partial charge in [0.25, 0.3) is 5.91 Å². The number of hydrogen-bond acceptors (Lipinski definition) is 5. The lowest BCUT2D eigenvalue weighted by Crippen LogP contribution is -2.19. The van der Waals surface area contributed by atoms with Crippen molar-refractivity contribution in [1.29, 1.82) is 0 Å². The smallest absolute Gasteiger partial charge is 0.305 e. The Bertz CT molecular complexity index is 959. The zero-order chi connectivity index (χ0) is 19.4. The highest BCUT2D eigenvalue weighted by molar-refractivity contribution is 6.33. The van der Waals surface area contributed by atoms with E-state index in [9.17, 15) is 9.59 Å². The van der Waals surface area contributed by atoms with Gasteiger partial charge in [-0.2, -0.15) is 15.3 Å². The highest BCUT2D eigenvalue weighted by atomic mass is 35.5. The molecule has 3 heterocycles. The first-order valence-electron chi connectivity index (χ1n) is 8.25. The number of carboxylic acid groups (broad SMARTS) is 1. The molecule has 27 heavy (non-hydrogen) atoms. The topological polar surface area (TPSA) is 120 Å². The third-order valence-electron chi connectivity index (χ3n) is 3.79. The van der Waals surface area contributed by atoms with Crippen LogP contribution >= 0.6 is 11.6 Å². The Kier molecular flexibility index (Phi) is 5.55. The summed E-state index contributed by atoms with van der Waals surface area (Å²) >= 11 is 6.17. The number of rotatable bonds is 8. The summed E-state index contributed by atoms with van der Waals surface area (Å²) in [7, 11) is 0. The van der Waals surface area contributed by atoms with Crippen LogP contribution in [-0.4, -0.2) is 46.3 Å². The first-order valence-corrected chi connectivity index (χ1v) is 8.63. The highest BCUT2D eigenvalue weighted by Gasteiger charge is 2.17. The summed E-state index contributed by atoms with van der Waals surface area (Å²) in [6.45, 7) is 3.33. The maximum absolute atomic E-state index is 12.5. The lowest BCUT2D eigenvalue weighted by atomic mass is 10.3. The Labute approximate surface area is 159 Å². The molecule has 0 radical (unpaired) electrons. The van der Waals surface area contributed by atoms with Gasteiger partial charge in [0.15, 0.2) is 5.82 Å². The normalized spacial score (nSPS) is 10.9. The molecule has 0 aliphatic rings. The summed E-state index contributed by atoms with van der Waals surface area (Å²) in [6.07, 6.45) is 6.57.